The fourth-order valence-corrected chi connectivity index (χ4v) is 2.87. The van der Waals surface area contributed by atoms with Crippen molar-refractivity contribution in [2.24, 2.45) is 0 Å². The third-order valence-electron chi connectivity index (χ3n) is 4.18. The van der Waals surface area contributed by atoms with E-state index in [-0.39, 0.29) is 24.4 Å². The number of carbonyl (C=O) groups excluding carboxylic acids is 1. The zero-order valence-electron chi connectivity index (χ0n) is 13.2. The van der Waals surface area contributed by atoms with Crippen molar-refractivity contribution in [3.05, 3.63) is 48.3 Å². The Labute approximate surface area is 142 Å². The molecule has 1 aromatic heterocycles. The average molecular weight is 335 g/mol. The van der Waals surface area contributed by atoms with Crippen LogP contribution < -0.4 is 10.6 Å². The molecule has 0 saturated carbocycles. The summed E-state index contributed by atoms with van der Waals surface area (Å²) in [5.41, 5.74) is 2.02. The van der Waals surface area contributed by atoms with E-state index in [0.717, 1.165) is 30.6 Å². The van der Waals surface area contributed by atoms with Gasteiger partial charge >= 0.3 is 0 Å². The predicted molar refractivity (Wildman–Crippen MR) is 93.1 cm³/mol. The number of rotatable bonds is 4. The van der Waals surface area contributed by atoms with E-state index in [1.165, 1.54) is 0 Å². The van der Waals surface area contributed by atoms with Gasteiger partial charge in [0.1, 0.15) is 0 Å². The van der Waals surface area contributed by atoms with Gasteiger partial charge in [0, 0.05) is 24.5 Å². The van der Waals surface area contributed by atoms with Crippen LogP contribution in [0.2, 0.25) is 0 Å². The van der Waals surface area contributed by atoms with E-state index < -0.39 is 0 Å². The molecule has 0 bridgehead atoms. The van der Waals surface area contributed by atoms with Crippen molar-refractivity contribution in [3.63, 3.8) is 0 Å². The summed E-state index contributed by atoms with van der Waals surface area (Å²) in [6.45, 7) is 3.17. The number of halogens is 1. The van der Waals surface area contributed by atoms with Crippen LogP contribution in [0.1, 0.15) is 25.3 Å². The summed E-state index contributed by atoms with van der Waals surface area (Å²) in [7, 11) is 0. The van der Waals surface area contributed by atoms with Crippen molar-refractivity contribution in [1.82, 2.24) is 20.4 Å². The Kier molecular flexibility index (Phi) is 6.19. The predicted octanol–water partition coefficient (Wildman–Crippen LogP) is 2.09. The van der Waals surface area contributed by atoms with Gasteiger partial charge in [0.15, 0.2) is 0 Å². The van der Waals surface area contributed by atoms with Crippen LogP contribution in [0.5, 0.6) is 0 Å². The number of hydrogen-bond acceptors (Lipinski definition) is 3. The SMILES string of the molecule is CC1NCCCC1NC(=O)Cc1ccc(-n2cccn2)cc1.Cl. The van der Waals surface area contributed by atoms with Crippen molar-refractivity contribution in [2.75, 3.05) is 6.54 Å². The van der Waals surface area contributed by atoms with Crippen LogP contribution in [0.4, 0.5) is 0 Å². The second-order valence-corrected chi connectivity index (χ2v) is 5.85. The molecule has 1 aliphatic rings. The van der Waals surface area contributed by atoms with E-state index in [4.69, 9.17) is 0 Å². The Balaban J connectivity index is 0.00000192. The van der Waals surface area contributed by atoms with Crippen LogP contribution in [0.15, 0.2) is 42.7 Å². The summed E-state index contributed by atoms with van der Waals surface area (Å²) in [6, 6.07) is 10.4. The van der Waals surface area contributed by atoms with Crippen LogP contribution in [-0.4, -0.2) is 34.3 Å². The van der Waals surface area contributed by atoms with E-state index in [2.05, 4.69) is 22.7 Å². The highest BCUT2D eigenvalue weighted by Gasteiger charge is 2.22. The van der Waals surface area contributed by atoms with E-state index in [0.29, 0.717) is 12.5 Å². The van der Waals surface area contributed by atoms with Gasteiger partial charge in [-0.2, -0.15) is 5.10 Å². The molecule has 1 amide bonds. The molecule has 124 valence electrons. The first-order valence-corrected chi connectivity index (χ1v) is 7.84. The zero-order chi connectivity index (χ0) is 15.4. The van der Waals surface area contributed by atoms with E-state index in [9.17, 15) is 4.79 Å². The summed E-state index contributed by atoms with van der Waals surface area (Å²) >= 11 is 0. The largest absolute Gasteiger partial charge is 0.352 e. The van der Waals surface area contributed by atoms with Gasteiger partial charge in [-0.1, -0.05) is 12.1 Å². The van der Waals surface area contributed by atoms with Crippen molar-refractivity contribution in [2.45, 2.75) is 38.3 Å². The standard InChI is InChI=1S/C17H22N4O.ClH/c1-13-16(4-2-9-18-13)20-17(22)12-14-5-7-15(8-6-14)21-11-3-10-19-21;/h3,5-8,10-11,13,16,18H,2,4,9,12H2,1H3,(H,20,22);1H. The van der Waals surface area contributed by atoms with Gasteiger partial charge in [0.05, 0.1) is 12.1 Å². The number of carbonyl (C=O) groups is 1. The first-order valence-electron chi connectivity index (χ1n) is 7.84. The molecule has 3 rings (SSSR count). The van der Waals surface area contributed by atoms with Crippen LogP contribution in [0, 0.1) is 0 Å². The number of aromatic nitrogens is 2. The molecule has 2 atom stereocenters. The summed E-state index contributed by atoms with van der Waals surface area (Å²) in [4.78, 5) is 12.2. The molecule has 2 aromatic rings. The molecule has 1 aliphatic heterocycles. The topological polar surface area (TPSA) is 58.9 Å². The fourth-order valence-electron chi connectivity index (χ4n) is 2.87. The molecule has 1 fully saturated rings. The summed E-state index contributed by atoms with van der Waals surface area (Å²) in [6.07, 6.45) is 6.24. The summed E-state index contributed by atoms with van der Waals surface area (Å²) in [5, 5.41) is 10.7. The molecular weight excluding hydrogens is 312 g/mol. The molecule has 0 radical (unpaired) electrons. The lowest BCUT2D eigenvalue weighted by Gasteiger charge is -2.30. The third-order valence-corrected chi connectivity index (χ3v) is 4.18. The van der Waals surface area contributed by atoms with Crippen LogP contribution in [0.25, 0.3) is 5.69 Å². The normalized spacial score (nSPS) is 20.6. The Hall–Kier alpha value is -1.85. The highest BCUT2D eigenvalue weighted by Crippen LogP contribution is 2.11. The van der Waals surface area contributed by atoms with Crippen molar-refractivity contribution in [1.29, 1.82) is 0 Å². The molecule has 2 N–H and O–H groups in total. The Morgan fingerprint density at radius 3 is 2.83 bits per heavy atom. The van der Waals surface area contributed by atoms with Gasteiger partial charge in [-0.05, 0) is 50.1 Å². The monoisotopic (exact) mass is 334 g/mol. The first kappa shape index (κ1) is 17.5. The van der Waals surface area contributed by atoms with Crippen molar-refractivity contribution >= 4 is 18.3 Å². The number of amides is 1. The molecule has 2 heterocycles. The molecule has 0 spiro atoms. The maximum absolute atomic E-state index is 12.2. The lowest BCUT2D eigenvalue weighted by Crippen LogP contribution is -2.52. The molecule has 23 heavy (non-hydrogen) atoms. The smallest absolute Gasteiger partial charge is 0.224 e. The van der Waals surface area contributed by atoms with E-state index >= 15 is 0 Å². The molecular formula is C17H23ClN4O. The third kappa shape index (κ3) is 4.56. The lowest BCUT2D eigenvalue weighted by molar-refractivity contribution is -0.121. The van der Waals surface area contributed by atoms with Gasteiger partial charge < -0.3 is 10.6 Å². The van der Waals surface area contributed by atoms with Gasteiger partial charge in [0.25, 0.3) is 0 Å². The van der Waals surface area contributed by atoms with Gasteiger partial charge in [-0.3, -0.25) is 4.79 Å². The number of hydrogen-bond donors (Lipinski definition) is 2. The molecule has 2 unspecified atom stereocenters. The molecule has 6 heteroatoms. The number of benzene rings is 1. The zero-order valence-corrected chi connectivity index (χ0v) is 14.1. The summed E-state index contributed by atoms with van der Waals surface area (Å²) < 4.78 is 1.80. The Morgan fingerprint density at radius 2 is 2.17 bits per heavy atom. The highest BCUT2D eigenvalue weighted by molar-refractivity contribution is 5.85. The highest BCUT2D eigenvalue weighted by atomic mass is 35.5. The number of nitrogens with one attached hydrogen (secondary N) is 2. The van der Waals surface area contributed by atoms with Gasteiger partial charge in [0.2, 0.25) is 5.91 Å². The quantitative estimate of drug-likeness (QED) is 0.900. The molecule has 1 aromatic carbocycles. The van der Waals surface area contributed by atoms with E-state index in [1.807, 2.05) is 36.5 Å². The lowest BCUT2D eigenvalue weighted by atomic mass is 9.99. The minimum Gasteiger partial charge on any atom is -0.352 e. The minimum absolute atomic E-state index is 0. The minimum atomic E-state index is 0. The van der Waals surface area contributed by atoms with Crippen molar-refractivity contribution in [3.8, 4) is 5.69 Å². The first-order chi connectivity index (χ1) is 10.7. The molecule has 0 aliphatic carbocycles. The second-order valence-electron chi connectivity index (χ2n) is 5.85. The second kappa shape index (κ2) is 8.13. The fraction of sp³-hybridized carbons (Fsp3) is 0.412. The van der Waals surface area contributed by atoms with Crippen LogP contribution in [0.3, 0.4) is 0 Å². The van der Waals surface area contributed by atoms with E-state index in [1.54, 1.807) is 10.9 Å². The summed E-state index contributed by atoms with van der Waals surface area (Å²) in [5.74, 6) is 0.0902. The molecule has 1 saturated heterocycles. The average Bonchev–Trinajstić information content (AvgIpc) is 3.05. The molecule has 5 nitrogen and oxygen atoms in total. The number of nitrogens with zero attached hydrogens (tertiary/aromatic N) is 2. The van der Waals surface area contributed by atoms with Gasteiger partial charge in [-0.25, -0.2) is 4.68 Å². The Bertz CT molecular complexity index is 612. The maximum Gasteiger partial charge on any atom is 0.224 e. The van der Waals surface area contributed by atoms with Crippen molar-refractivity contribution < 1.29 is 4.79 Å². The van der Waals surface area contributed by atoms with Crippen LogP contribution >= 0.6 is 12.4 Å². The van der Waals surface area contributed by atoms with Crippen LogP contribution in [-0.2, 0) is 11.2 Å². The van der Waals surface area contributed by atoms with Gasteiger partial charge in [-0.15, -0.1) is 12.4 Å². The maximum atomic E-state index is 12.2. The number of piperidine rings is 1. The Morgan fingerprint density at radius 1 is 1.39 bits per heavy atom.